The Bertz CT molecular complexity index is 521. The third-order valence-corrected chi connectivity index (χ3v) is 6.23. The van der Waals surface area contributed by atoms with E-state index in [9.17, 15) is 0 Å². The van der Waals surface area contributed by atoms with E-state index in [-0.39, 0.29) is 0 Å². The predicted molar refractivity (Wildman–Crippen MR) is 97.9 cm³/mol. The van der Waals surface area contributed by atoms with Gasteiger partial charge in [0.05, 0.1) is 6.54 Å². The molecule has 4 heteroatoms. The SMILES string of the molecule is CCCc1cc(I)ccc1NC1=NCC2(CCCC2)S1. The molecular weight excluding hydrogens is 379 g/mol. The topological polar surface area (TPSA) is 24.4 Å². The van der Waals surface area contributed by atoms with Crippen LogP contribution in [-0.4, -0.2) is 16.5 Å². The molecule has 0 atom stereocenters. The molecule has 1 N–H and O–H groups in total. The first-order chi connectivity index (χ1) is 9.71. The quantitative estimate of drug-likeness (QED) is 0.717. The number of thioether (sulfide) groups is 1. The zero-order valence-corrected chi connectivity index (χ0v) is 14.9. The first-order valence-corrected chi connectivity index (χ1v) is 9.39. The van der Waals surface area contributed by atoms with E-state index in [0.717, 1.165) is 18.1 Å². The highest BCUT2D eigenvalue weighted by atomic mass is 127. The van der Waals surface area contributed by atoms with Gasteiger partial charge in [0.25, 0.3) is 0 Å². The van der Waals surface area contributed by atoms with Crippen molar-refractivity contribution in [1.29, 1.82) is 0 Å². The molecule has 1 heterocycles. The van der Waals surface area contributed by atoms with Crippen molar-refractivity contribution in [3.63, 3.8) is 0 Å². The number of hydrogen-bond donors (Lipinski definition) is 1. The van der Waals surface area contributed by atoms with Gasteiger partial charge in [0.15, 0.2) is 5.17 Å². The summed E-state index contributed by atoms with van der Waals surface area (Å²) >= 11 is 4.37. The van der Waals surface area contributed by atoms with E-state index in [4.69, 9.17) is 4.99 Å². The van der Waals surface area contributed by atoms with E-state index < -0.39 is 0 Å². The summed E-state index contributed by atoms with van der Waals surface area (Å²) in [7, 11) is 0. The Balaban J connectivity index is 1.72. The molecule has 0 unspecified atom stereocenters. The number of nitrogens with one attached hydrogen (secondary N) is 1. The maximum absolute atomic E-state index is 4.76. The molecule has 0 bridgehead atoms. The average Bonchev–Trinajstić information content (AvgIpc) is 3.04. The van der Waals surface area contributed by atoms with Crippen LogP contribution < -0.4 is 5.32 Å². The normalized spacial score (nSPS) is 20.4. The largest absolute Gasteiger partial charge is 0.335 e. The van der Waals surface area contributed by atoms with Gasteiger partial charge >= 0.3 is 0 Å². The van der Waals surface area contributed by atoms with Crippen molar-refractivity contribution < 1.29 is 0 Å². The monoisotopic (exact) mass is 400 g/mol. The summed E-state index contributed by atoms with van der Waals surface area (Å²) in [5.74, 6) is 0. The van der Waals surface area contributed by atoms with Crippen LogP contribution in [0.5, 0.6) is 0 Å². The number of halogens is 1. The number of hydrogen-bond acceptors (Lipinski definition) is 3. The van der Waals surface area contributed by atoms with Crippen LogP contribution in [0.4, 0.5) is 5.69 Å². The molecule has 2 aliphatic rings. The van der Waals surface area contributed by atoms with Crippen LogP contribution in [0.15, 0.2) is 23.2 Å². The minimum absolute atomic E-state index is 0.427. The predicted octanol–water partition coefficient (Wildman–Crippen LogP) is 5.07. The summed E-state index contributed by atoms with van der Waals surface area (Å²) in [5, 5.41) is 4.71. The molecule has 0 amide bonds. The zero-order chi connectivity index (χ0) is 14.0. The summed E-state index contributed by atoms with van der Waals surface area (Å²) in [6.07, 6.45) is 7.73. The number of amidine groups is 1. The second-order valence-corrected chi connectivity index (χ2v) is 8.49. The van der Waals surface area contributed by atoms with Gasteiger partial charge in [-0.1, -0.05) is 37.9 Å². The van der Waals surface area contributed by atoms with E-state index in [2.05, 4.69) is 53.0 Å². The number of rotatable bonds is 3. The van der Waals surface area contributed by atoms with Crippen LogP contribution >= 0.6 is 34.4 Å². The van der Waals surface area contributed by atoms with Crippen molar-refractivity contribution in [2.75, 3.05) is 11.9 Å². The fourth-order valence-corrected chi connectivity index (χ4v) is 4.98. The fourth-order valence-electron chi connectivity index (χ4n) is 3.11. The van der Waals surface area contributed by atoms with Crippen LogP contribution in [0.25, 0.3) is 0 Å². The number of anilines is 1. The zero-order valence-electron chi connectivity index (χ0n) is 11.9. The molecule has 0 radical (unpaired) electrons. The Morgan fingerprint density at radius 3 is 2.90 bits per heavy atom. The maximum atomic E-state index is 4.76. The molecule has 1 aliphatic carbocycles. The number of aryl methyl sites for hydroxylation is 1. The number of benzene rings is 1. The number of nitrogens with zero attached hydrogens (tertiary/aromatic N) is 1. The molecule has 2 nitrogen and oxygen atoms in total. The molecule has 20 heavy (non-hydrogen) atoms. The molecule has 1 fully saturated rings. The molecule has 1 aliphatic heterocycles. The Labute approximate surface area is 139 Å². The standard InChI is InChI=1S/C16H21IN2S/c1-2-5-12-10-13(17)6-7-14(12)19-15-18-11-16(20-15)8-3-4-9-16/h6-7,10H,2-5,8-9,11H2,1H3,(H,18,19). The van der Waals surface area contributed by atoms with Crippen molar-refractivity contribution in [2.45, 2.75) is 50.2 Å². The number of aliphatic imine (C=N–C) groups is 1. The van der Waals surface area contributed by atoms with E-state index in [1.807, 2.05) is 11.8 Å². The molecule has 1 aromatic rings. The van der Waals surface area contributed by atoms with E-state index in [1.54, 1.807) is 0 Å². The van der Waals surface area contributed by atoms with Gasteiger partial charge in [-0.05, 0) is 65.6 Å². The Kier molecular flexibility index (Phi) is 4.60. The minimum Gasteiger partial charge on any atom is -0.335 e. The summed E-state index contributed by atoms with van der Waals surface area (Å²) in [4.78, 5) is 4.76. The van der Waals surface area contributed by atoms with Gasteiger partial charge in [0.2, 0.25) is 0 Å². The van der Waals surface area contributed by atoms with Crippen LogP contribution in [0.1, 0.15) is 44.6 Å². The maximum Gasteiger partial charge on any atom is 0.161 e. The van der Waals surface area contributed by atoms with Gasteiger partial charge in [-0.3, -0.25) is 4.99 Å². The molecule has 1 spiro atoms. The third-order valence-electron chi connectivity index (χ3n) is 4.17. The van der Waals surface area contributed by atoms with E-state index in [0.29, 0.717) is 4.75 Å². The fraction of sp³-hybridized carbons (Fsp3) is 0.562. The van der Waals surface area contributed by atoms with Crippen molar-refractivity contribution in [1.82, 2.24) is 0 Å². The Morgan fingerprint density at radius 2 is 2.15 bits per heavy atom. The molecule has 1 saturated carbocycles. The smallest absolute Gasteiger partial charge is 0.161 e. The second-order valence-electron chi connectivity index (χ2n) is 5.79. The van der Waals surface area contributed by atoms with Gasteiger partial charge in [-0.25, -0.2) is 0 Å². The second kappa shape index (κ2) is 6.26. The van der Waals surface area contributed by atoms with E-state index >= 15 is 0 Å². The molecule has 0 aromatic heterocycles. The van der Waals surface area contributed by atoms with Crippen LogP contribution in [0.2, 0.25) is 0 Å². The van der Waals surface area contributed by atoms with Gasteiger partial charge in [0, 0.05) is 14.0 Å². The summed E-state index contributed by atoms with van der Waals surface area (Å²) in [5.41, 5.74) is 2.66. The summed E-state index contributed by atoms with van der Waals surface area (Å²) in [6.45, 7) is 3.24. The van der Waals surface area contributed by atoms with Gasteiger partial charge in [0.1, 0.15) is 0 Å². The highest BCUT2D eigenvalue weighted by Gasteiger charge is 2.39. The molecular formula is C16H21IN2S. The average molecular weight is 400 g/mol. The van der Waals surface area contributed by atoms with E-state index in [1.165, 1.54) is 46.9 Å². The van der Waals surface area contributed by atoms with Gasteiger partial charge < -0.3 is 5.32 Å². The van der Waals surface area contributed by atoms with Crippen molar-refractivity contribution >= 4 is 45.2 Å². The third kappa shape index (κ3) is 3.16. The summed E-state index contributed by atoms with van der Waals surface area (Å²) in [6, 6.07) is 6.67. The highest BCUT2D eigenvalue weighted by Crippen LogP contribution is 2.45. The Morgan fingerprint density at radius 1 is 1.35 bits per heavy atom. The van der Waals surface area contributed by atoms with Crippen LogP contribution in [0.3, 0.4) is 0 Å². The van der Waals surface area contributed by atoms with Gasteiger partial charge in [-0.15, -0.1) is 0 Å². The molecule has 0 saturated heterocycles. The molecule has 3 rings (SSSR count). The first-order valence-electron chi connectivity index (χ1n) is 7.50. The lowest BCUT2D eigenvalue weighted by molar-refractivity contribution is 0.633. The molecule has 108 valence electrons. The molecule has 1 aromatic carbocycles. The lowest BCUT2D eigenvalue weighted by atomic mass is 10.1. The summed E-state index contributed by atoms with van der Waals surface area (Å²) < 4.78 is 1.74. The minimum atomic E-state index is 0.427. The van der Waals surface area contributed by atoms with Crippen molar-refractivity contribution in [3.05, 3.63) is 27.3 Å². The lowest BCUT2D eigenvalue weighted by Gasteiger charge is -2.20. The van der Waals surface area contributed by atoms with Gasteiger partial charge in [-0.2, -0.15) is 0 Å². The van der Waals surface area contributed by atoms with Crippen molar-refractivity contribution in [3.8, 4) is 0 Å². The Hall–Kier alpha value is -0.230. The van der Waals surface area contributed by atoms with Crippen molar-refractivity contribution in [2.24, 2.45) is 4.99 Å². The van der Waals surface area contributed by atoms with Crippen LogP contribution in [0, 0.1) is 3.57 Å². The first kappa shape index (κ1) is 14.7. The lowest BCUT2D eigenvalue weighted by Crippen LogP contribution is -2.21. The van der Waals surface area contributed by atoms with Crippen LogP contribution in [-0.2, 0) is 6.42 Å². The highest BCUT2D eigenvalue weighted by molar-refractivity contribution is 14.1.